The van der Waals surface area contributed by atoms with Gasteiger partial charge in [-0.2, -0.15) is 5.26 Å². The number of hydrogen-bond donors (Lipinski definition) is 1. The summed E-state index contributed by atoms with van der Waals surface area (Å²) in [5.74, 6) is -0.903. The number of carbonyl (C=O) groups is 1. The summed E-state index contributed by atoms with van der Waals surface area (Å²) in [4.78, 5) is 17.0. The number of hydrogen-bond acceptors (Lipinski definition) is 7. The van der Waals surface area contributed by atoms with Crippen LogP contribution in [0.25, 0.3) is 11.1 Å². The Morgan fingerprint density at radius 2 is 2.08 bits per heavy atom. The zero-order chi connectivity index (χ0) is 25.3. The monoisotopic (exact) mass is 501 g/mol. The molecule has 3 aromatic rings. The van der Waals surface area contributed by atoms with E-state index in [1.54, 1.807) is 24.3 Å². The predicted molar refractivity (Wildman–Crippen MR) is 119 cm³/mol. The Hall–Kier alpha value is -3.78. The van der Waals surface area contributed by atoms with Crippen LogP contribution in [0.1, 0.15) is 35.8 Å². The van der Waals surface area contributed by atoms with E-state index >= 15 is 0 Å². The van der Waals surface area contributed by atoms with Crippen molar-refractivity contribution in [1.82, 2.24) is 10.3 Å². The zero-order valence-corrected chi connectivity index (χ0v) is 19.0. The number of benzene rings is 2. The number of piperidine rings is 1. The van der Waals surface area contributed by atoms with Crippen molar-refractivity contribution in [3.05, 3.63) is 53.4 Å². The molecule has 2 fully saturated rings. The molecule has 0 bridgehead atoms. The minimum atomic E-state index is -4.86. The van der Waals surface area contributed by atoms with Crippen molar-refractivity contribution < 1.29 is 36.6 Å². The average Bonchev–Trinajstić information content (AvgIpc) is 3.50. The molecule has 2 saturated heterocycles. The third-order valence-corrected chi connectivity index (χ3v) is 6.31. The number of nitrogens with zero attached hydrogens (tertiary/aromatic N) is 2. The van der Waals surface area contributed by atoms with Crippen LogP contribution in [0.2, 0.25) is 0 Å². The molecule has 2 aliphatic heterocycles. The Balaban J connectivity index is 1.36. The van der Waals surface area contributed by atoms with Crippen molar-refractivity contribution in [2.75, 3.05) is 19.8 Å². The highest BCUT2D eigenvalue weighted by atomic mass is 19.4. The van der Waals surface area contributed by atoms with Crippen LogP contribution >= 0.6 is 0 Å². The number of para-hydroxylation sites is 1. The molecule has 1 N–H and O–H groups in total. The van der Waals surface area contributed by atoms with Gasteiger partial charge in [-0.1, -0.05) is 12.1 Å². The first-order chi connectivity index (χ1) is 17.3. The van der Waals surface area contributed by atoms with Crippen LogP contribution in [0.4, 0.5) is 13.2 Å². The maximum absolute atomic E-state index is 12.9. The summed E-state index contributed by atoms with van der Waals surface area (Å²) in [5, 5.41) is 12.1. The summed E-state index contributed by atoms with van der Waals surface area (Å²) >= 11 is 0. The Kier molecular flexibility index (Phi) is 6.45. The van der Waals surface area contributed by atoms with Gasteiger partial charge in [0.05, 0.1) is 18.8 Å². The summed E-state index contributed by atoms with van der Waals surface area (Å²) in [6, 6.07) is 11.4. The van der Waals surface area contributed by atoms with Gasteiger partial charge in [0.15, 0.2) is 23.0 Å². The number of oxazole rings is 1. The molecule has 1 amide bonds. The van der Waals surface area contributed by atoms with E-state index in [0.29, 0.717) is 54.1 Å². The minimum Gasteiger partial charge on any atom is -0.484 e. The third kappa shape index (κ3) is 5.23. The van der Waals surface area contributed by atoms with Crippen LogP contribution in [0.15, 0.2) is 40.8 Å². The first kappa shape index (κ1) is 23.9. The van der Waals surface area contributed by atoms with E-state index in [0.717, 1.165) is 0 Å². The molecule has 1 aromatic heterocycles. The number of nitrogens with one attached hydrogen (secondary N) is 1. The molecule has 0 radical (unpaired) electrons. The second-order valence-corrected chi connectivity index (χ2v) is 8.81. The Bertz CT molecular complexity index is 1310. The predicted octanol–water partition coefficient (Wildman–Crippen LogP) is 4.23. The van der Waals surface area contributed by atoms with Crippen molar-refractivity contribution in [2.24, 2.45) is 5.92 Å². The molecule has 3 heterocycles. The van der Waals surface area contributed by atoms with E-state index in [-0.39, 0.29) is 36.7 Å². The van der Waals surface area contributed by atoms with Crippen molar-refractivity contribution in [3.63, 3.8) is 0 Å². The Morgan fingerprint density at radius 1 is 1.22 bits per heavy atom. The van der Waals surface area contributed by atoms with Crippen LogP contribution in [0.3, 0.4) is 0 Å². The fourth-order valence-corrected chi connectivity index (χ4v) is 4.58. The number of amides is 1. The topological polar surface area (TPSA) is 107 Å². The highest BCUT2D eigenvalue weighted by Crippen LogP contribution is 2.38. The summed E-state index contributed by atoms with van der Waals surface area (Å²) in [6.45, 7) is 1.09. The number of alkyl halides is 3. The third-order valence-electron chi connectivity index (χ3n) is 6.31. The van der Waals surface area contributed by atoms with E-state index < -0.39 is 18.0 Å². The van der Waals surface area contributed by atoms with Gasteiger partial charge < -0.3 is 23.9 Å². The average molecular weight is 501 g/mol. The fourth-order valence-electron chi connectivity index (χ4n) is 4.58. The van der Waals surface area contributed by atoms with E-state index in [1.807, 2.05) is 0 Å². The molecule has 2 aliphatic rings. The number of aromatic nitrogens is 1. The summed E-state index contributed by atoms with van der Waals surface area (Å²) in [7, 11) is 0. The molecule has 188 valence electrons. The van der Waals surface area contributed by atoms with Gasteiger partial charge in [0.1, 0.15) is 17.7 Å². The highest BCUT2D eigenvalue weighted by Gasteiger charge is 2.35. The lowest BCUT2D eigenvalue weighted by Gasteiger charge is -2.29. The van der Waals surface area contributed by atoms with Crippen LogP contribution in [-0.4, -0.2) is 43.1 Å². The van der Waals surface area contributed by atoms with Gasteiger partial charge in [0.25, 0.3) is 0 Å². The van der Waals surface area contributed by atoms with Gasteiger partial charge in [-0.05, 0) is 36.2 Å². The molecule has 2 aromatic carbocycles. The molecule has 5 rings (SSSR count). The second kappa shape index (κ2) is 9.70. The lowest BCUT2D eigenvalue weighted by molar-refractivity contribution is -0.275. The fraction of sp³-hybridized carbons (Fsp3) is 0.400. The van der Waals surface area contributed by atoms with E-state index in [9.17, 15) is 23.2 Å². The smallest absolute Gasteiger partial charge is 0.484 e. The number of halogens is 3. The molecule has 0 unspecified atom stereocenters. The van der Waals surface area contributed by atoms with Gasteiger partial charge >= 0.3 is 6.36 Å². The Labute approximate surface area is 203 Å². The number of fused-ring (bicyclic) bond motifs is 1. The highest BCUT2D eigenvalue weighted by molar-refractivity contribution is 5.81. The molecule has 3 atom stereocenters. The second-order valence-electron chi connectivity index (χ2n) is 8.81. The van der Waals surface area contributed by atoms with E-state index in [4.69, 9.17) is 13.9 Å². The van der Waals surface area contributed by atoms with Crippen LogP contribution in [0.5, 0.6) is 11.5 Å². The molecule has 8 nitrogen and oxygen atoms in total. The first-order valence-electron chi connectivity index (χ1n) is 11.5. The van der Waals surface area contributed by atoms with Crippen molar-refractivity contribution in [2.45, 2.75) is 37.6 Å². The quantitative estimate of drug-likeness (QED) is 0.539. The minimum absolute atomic E-state index is 0.0169. The lowest BCUT2D eigenvalue weighted by Crippen LogP contribution is -2.41. The van der Waals surface area contributed by atoms with Gasteiger partial charge in [-0.15, -0.1) is 13.2 Å². The lowest BCUT2D eigenvalue weighted by atomic mass is 9.83. The molecule has 36 heavy (non-hydrogen) atoms. The maximum Gasteiger partial charge on any atom is 0.573 e. The van der Waals surface area contributed by atoms with Crippen molar-refractivity contribution >= 4 is 17.0 Å². The van der Waals surface area contributed by atoms with Crippen LogP contribution < -0.4 is 14.8 Å². The first-order valence-corrected chi connectivity index (χ1v) is 11.5. The molecule has 11 heteroatoms. The largest absolute Gasteiger partial charge is 0.573 e. The van der Waals surface area contributed by atoms with Crippen LogP contribution in [-0.2, 0) is 16.0 Å². The van der Waals surface area contributed by atoms with E-state index in [1.165, 1.54) is 12.1 Å². The summed E-state index contributed by atoms with van der Waals surface area (Å²) < 4.78 is 59.8. The number of rotatable bonds is 6. The Morgan fingerprint density at radius 3 is 2.83 bits per heavy atom. The molecule has 0 spiro atoms. The molecular formula is C25H22F3N3O5. The molecule has 0 aliphatic carbocycles. The van der Waals surface area contributed by atoms with Gasteiger partial charge in [-0.3, -0.25) is 4.79 Å². The van der Waals surface area contributed by atoms with Gasteiger partial charge in [0, 0.05) is 31.2 Å². The van der Waals surface area contributed by atoms with Gasteiger partial charge in [0.2, 0.25) is 5.91 Å². The standard InChI is InChI=1S/C25H22F3N3O5/c26-25(27,28)36-19-5-4-14(9-21(19)34-18-6-7-33-13-18)17-8-16(24(32)30-12-17)10-22-31-23-15(11-29)2-1-3-20(23)35-22/h1-5,9,16-18H,6-8,10,12-13H2,(H,30,32)/t16-,17-,18-/m1/s1. The van der Waals surface area contributed by atoms with Crippen molar-refractivity contribution in [1.29, 1.82) is 5.26 Å². The SMILES string of the molecule is N#Cc1cccc2oc(C[C@H]3C[C@@H](c4ccc(OC(F)(F)F)c(O[C@@H]5CCOC5)c4)CNC3=O)nc12. The number of nitriles is 1. The maximum atomic E-state index is 12.9. The van der Waals surface area contributed by atoms with Gasteiger partial charge in [-0.25, -0.2) is 4.98 Å². The summed E-state index contributed by atoms with van der Waals surface area (Å²) in [6.07, 6.45) is -4.01. The molecular weight excluding hydrogens is 479 g/mol. The number of carbonyl (C=O) groups excluding carboxylic acids is 1. The van der Waals surface area contributed by atoms with E-state index in [2.05, 4.69) is 21.1 Å². The summed E-state index contributed by atoms with van der Waals surface area (Å²) in [5.41, 5.74) is 2.01. The van der Waals surface area contributed by atoms with Crippen molar-refractivity contribution in [3.8, 4) is 17.6 Å². The van der Waals surface area contributed by atoms with Crippen LogP contribution in [0, 0.1) is 17.2 Å². The zero-order valence-electron chi connectivity index (χ0n) is 19.0. The normalized spacial score (nSPS) is 22.3. The molecule has 0 saturated carbocycles. The number of ether oxygens (including phenoxy) is 3.